The lowest BCUT2D eigenvalue weighted by Gasteiger charge is -2.21. The summed E-state index contributed by atoms with van der Waals surface area (Å²) in [7, 11) is 1.36. The Hall–Kier alpha value is -2.10. The van der Waals surface area contributed by atoms with Crippen LogP contribution in [-0.2, 0) is 14.3 Å². The molecule has 4 nitrogen and oxygen atoms in total. The molecule has 0 aromatic heterocycles. The second-order valence-electron chi connectivity index (χ2n) is 5.58. The zero-order valence-electron chi connectivity index (χ0n) is 13.6. The monoisotopic (exact) mass is 303 g/mol. The van der Waals surface area contributed by atoms with Gasteiger partial charge in [0.15, 0.2) is 0 Å². The van der Waals surface area contributed by atoms with Gasteiger partial charge in [-0.2, -0.15) is 0 Å². The molecule has 0 aliphatic rings. The van der Waals surface area contributed by atoms with Gasteiger partial charge in [0.25, 0.3) is 0 Å². The first-order chi connectivity index (χ1) is 10.5. The molecule has 1 rings (SSSR count). The highest BCUT2D eigenvalue weighted by Crippen LogP contribution is 2.06. The van der Waals surface area contributed by atoms with E-state index in [2.05, 4.69) is 18.6 Å². The number of methoxy groups -OCH3 is 1. The third-order valence-corrected chi connectivity index (χ3v) is 3.32. The SMILES string of the molecule is COC(=O)CCN(CCC(C)C)C(=O)/C=C/c1ccccc1. The van der Waals surface area contributed by atoms with E-state index in [4.69, 9.17) is 0 Å². The van der Waals surface area contributed by atoms with Gasteiger partial charge in [-0.3, -0.25) is 9.59 Å². The highest BCUT2D eigenvalue weighted by molar-refractivity contribution is 5.92. The second-order valence-corrected chi connectivity index (χ2v) is 5.58. The van der Waals surface area contributed by atoms with Crippen molar-refractivity contribution >= 4 is 18.0 Å². The molecule has 0 fully saturated rings. The molecule has 1 amide bonds. The maximum Gasteiger partial charge on any atom is 0.307 e. The third kappa shape index (κ3) is 7.07. The van der Waals surface area contributed by atoms with Gasteiger partial charge < -0.3 is 9.64 Å². The zero-order valence-corrected chi connectivity index (χ0v) is 13.6. The highest BCUT2D eigenvalue weighted by Gasteiger charge is 2.13. The minimum Gasteiger partial charge on any atom is -0.469 e. The summed E-state index contributed by atoms with van der Waals surface area (Å²) in [6.45, 7) is 5.26. The smallest absolute Gasteiger partial charge is 0.307 e. The van der Waals surface area contributed by atoms with Crippen LogP contribution in [0.3, 0.4) is 0 Å². The summed E-state index contributed by atoms with van der Waals surface area (Å²) in [6, 6.07) is 9.67. The van der Waals surface area contributed by atoms with Gasteiger partial charge in [0.05, 0.1) is 13.5 Å². The molecular weight excluding hydrogens is 278 g/mol. The Balaban J connectivity index is 2.65. The molecule has 1 aromatic carbocycles. The van der Waals surface area contributed by atoms with Gasteiger partial charge in [-0.1, -0.05) is 44.2 Å². The topological polar surface area (TPSA) is 46.6 Å². The van der Waals surface area contributed by atoms with Crippen LogP contribution in [0.4, 0.5) is 0 Å². The van der Waals surface area contributed by atoms with E-state index in [1.807, 2.05) is 30.3 Å². The maximum atomic E-state index is 12.3. The maximum absolute atomic E-state index is 12.3. The van der Waals surface area contributed by atoms with E-state index in [1.165, 1.54) is 7.11 Å². The van der Waals surface area contributed by atoms with Gasteiger partial charge in [-0.05, 0) is 24.0 Å². The van der Waals surface area contributed by atoms with Crippen molar-refractivity contribution in [2.24, 2.45) is 5.92 Å². The molecule has 0 spiro atoms. The predicted octanol–water partition coefficient (Wildman–Crippen LogP) is 3.14. The van der Waals surface area contributed by atoms with Gasteiger partial charge in [-0.15, -0.1) is 0 Å². The highest BCUT2D eigenvalue weighted by atomic mass is 16.5. The lowest BCUT2D eigenvalue weighted by Crippen LogP contribution is -2.33. The van der Waals surface area contributed by atoms with E-state index >= 15 is 0 Å². The fraction of sp³-hybridized carbons (Fsp3) is 0.444. The number of hydrogen-bond donors (Lipinski definition) is 0. The Kier molecular flexibility index (Phi) is 7.97. The number of esters is 1. The van der Waals surface area contributed by atoms with Crippen molar-refractivity contribution in [2.45, 2.75) is 26.7 Å². The van der Waals surface area contributed by atoms with Crippen LogP contribution in [-0.4, -0.2) is 37.0 Å². The summed E-state index contributed by atoms with van der Waals surface area (Å²) in [5, 5.41) is 0. The molecule has 0 saturated heterocycles. The standard InChI is InChI=1S/C18H25NO3/c1-15(2)11-13-19(14-12-18(21)22-3)17(20)10-9-16-7-5-4-6-8-16/h4-10,15H,11-14H2,1-3H3/b10-9+. The fourth-order valence-electron chi connectivity index (χ4n) is 1.91. The molecule has 0 saturated carbocycles. The second kappa shape index (κ2) is 9.77. The van der Waals surface area contributed by atoms with E-state index in [9.17, 15) is 9.59 Å². The van der Waals surface area contributed by atoms with Crippen molar-refractivity contribution in [1.29, 1.82) is 0 Å². The van der Waals surface area contributed by atoms with E-state index in [0.29, 0.717) is 19.0 Å². The Morgan fingerprint density at radius 2 is 1.86 bits per heavy atom. The fourth-order valence-corrected chi connectivity index (χ4v) is 1.91. The number of hydrogen-bond acceptors (Lipinski definition) is 3. The van der Waals surface area contributed by atoms with Crippen LogP contribution in [0.5, 0.6) is 0 Å². The number of benzene rings is 1. The number of carbonyl (C=O) groups is 2. The lowest BCUT2D eigenvalue weighted by atomic mass is 10.1. The van der Waals surface area contributed by atoms with Crippen molar-refractivity contribution in [1.82, 2.24) is 4.90 Å². The molecule has 0 heterocycles. The number of amides is 1. The predicted molar refractivity (Wildman–Crippen MR) is 88.1 cm³/mol. The first-order valence-corrected chi connectivity index (χ1v) is 7.61. The Morgan fingerprint density at radius 3 is 2.45 bits per heavy atom. The molecule has 0 unspecified atom stereocenters. The normalized spacial score (nSPS) is 10.9. The van der Waals surface area contributed by atoms with Gasteiger partial charge in [0.2, 0.25) is 5.91 Å². The van der Waals surface area contributed by atoms with Gasteiger partial charge in [-0.25, -0.2) is 0 Å². The van der Waals surface area contributed by atoms with E-state index < -0.39 is 0 Å². The Labute approximate surface area is 132 Å². The summed E-state index contributed by atoms with van der Waals surface area (Å²) >= 11 is 0. The molecule has 120 valence electrons. The summed E-state index contributed by atoms with van der Waals surface area (Å²) in [5.41, 5.74) is 0.979. The van der Waals surface area contributed by atoms with Crippen LogP contribution >= 0.6 is 0 Å². The zero-order chi connectivity index (χ0) is 16.4. The molecule has 4 heteroatoms. The van der Waals surface area contributed by atoms with Crippen molar-refractivity contribution in [3.63, 3.8) is 0 Å². The average Bonchev–Trinajstić information content (AvgIpc) is 2.53. The minimum atomic E-state index is -0.297. The molecule has 0 aliphatic heterocycles. The summed E-state index contributed by atoms with van der Waals surface area (Å²) in [4.78, 5) is 25.3. The Morgan fingerprint density at radius 1 is 1.18 bits per heavy atom. The van der Waals surface area contributed by atoms with E-state index in [-0.39, 0.29) is 18.3 Å². The number of carbonyl (C=O) groups excluding carboxylic acids is 2. The molecule has 0 atom stereocenters. The molecule has 1 aromatic rings. The third-order valence-electron chi connectivity index (χ3n) is 3.32. The molecular formula is C18H25NO3. The van der Waals surface area contributed by atoms with Crippen LogP contribution < -0.4 is 0 Å². The quantitative estimate of drug-likeness (QED) is 0.547. The van der Waals surface area contributed by atoms with Crippen molar-refractivity contribution < 1.29 is 14.3 Å². The van der Waals surface area contributed by atoms with Crippen molar-refractivity contribution in [2.75, 3.05) is 20.2 Å². The van der Waals surface area contributed by atoms with Crippen molar-refractivity contribution in [3.05, 3.63) is 42.0 Å². The Bertz CT molecular complexity index is 494. The van der Waals surface area contributed by atoms with Gasteiger partial charge in [0, 0.05) is 19.2 Å². The summed E-state index contributed by atoms with van der Waals surface area (Å²) < 4.78 is 4.64. The molecule has 0 N–H and O–H groups in total. The van der Waals surface area contributed by atoms with Crippen LogP contribution in [0.1, 0.15) is 32.3 Å². The summed E-state index contributed by atoms with van der Waals surface area (Å²) in [5.74, 6) is 0.134. The van der Waals surface area contributed by atoms with Crippen LogP contribution in [0.25, 0.3) is 6.08 Å². The average molecular weight is 303 g/mol. The largest absolute Gasteiger partial charge is 0.469 e. The van der Waals surface area contributed by atoms with Crippen molar-refractivity contribution in [3.8, 4) is 0 Å². The first kappa shape index (κ1) is 18.0. The molecule has 0 radical (unpaired) electrons. The van der Waals surface area contributed by atoms with Crippen LogP contribution in [0.2, 0.25) is 0 Å². The van der Waals surface area contributed by atoms with E-state index in [1.54, 1.807) is 17.1 Å². The van der Waals surface area contributed by atoms with Gasteiger partial charge >= 0.3 is 5.97 Å². The van der Waals surface area contributed by atoms with Gasteiger partial charge in [0.1, 0.15) is 0 Å². The van der Waals surface area contributed by atoms with Crippen LogP contribution in [0, 0.1) is 5.92 Å². The molecule has 0 bridgehead atoms. The minimum absolute atomic E-state index is 0.0755. The number of nitrogens with zero attached hydrogens (tertiary/aromatic N) is 1. The lowest BCUT2D eigenvalue weighted by molar-refractivity contribution is -0.141. The van der Waals surface area contributed by atoms with Crippen LogP contribution in [0.15, 0.2) is 36.4 Å². The number of ether oxygens (including phenoxy) is 1. The number of rotatable bonds is 8. The summed E-state index contributed by atoms with van der Waals surface area (Å²) in [6.07, 6.45) is 4.49. The van der Waals surface area contributed by atoms with E-state index in [0.717, 1.165) is 12.0 Å². The molecule has 22 heavy (non-hydrogen) atoms. The molecule has 0 aliphatic carbocycles. The first-order valence-electron chi connectivity index (χ1n) is 7.61.